The van der Waals surface area contributed by atoms with Gasteiger partial charge in [0.25, 0.3) is 5.69 Å². The Balaban J connectivity index is 2.98. The van der Waals surface area contributed by atoms with Gasteiger partial charge in [0.2, 0.25) is 0 Å². The minimum absolute atomic E-state index is 0.0449. The highest BCUT2D eigenvalue weighted by Gasteiger charge is 2.12. The van der Waals surface area contributed by atoms with Gasteiger partial charge >= 0.3 is 0 Å². The molecule has 0 aliphatic rings. The van der Waals surface area contributed by atoms with Gasteiger partial charge in [0.15, 0.2) is 0 Å². The van der Waals surface area contributed by atoms with Gasteiger partial charge in [0.1, 0.15) is 0 Å². The van der Waals surface area contributed by atoms with Crippen LogP contribution in [-0.4, -0.2) is 18.5 Å². The number of anilines is 2. The summed E-state index contributed by atoms with van der Waals surface area (Å²) in [4.78, 5) is 12.0. The van der Waals surface area contributed by atoms with Gasteiger partial charge in [0.05, 0.1) is 16.9 Å². The van der Waals surface area contributed by atoms with Crippen molar-refractivity contribution in [2.45, 2.75) is 6.92 Å². The molecule has 0 fully saturated rings. The summed E-state index contributed by atoms with van der Waals surface area (Å²) in [5.41, 5.74) is 6.53. The molecular weight excluding hydrogens is 220 g/mol. The Morgan fingerprint density at radius 3 is 2.76 bits per heavy atom. The maximum Gasteiger partial charge on any atom is 0.273 e. The zero-order chi connectivity index (χ0) is 13.0. The van der Waals surface area contributed by atoms with Crippen LogP contribution >= 0.6 is 0 Å². The summed E-state index contributed by atoms with van der Waals surface area (Å²) in [7, 11) is 1.77. The van der Waals surface area contributed by atoms with E-state index in [4.69, 9.17) is 11.0 Å². The van der Waals surface area contributed by atoms with Crippen LogP contribution in [0, 0.1) is 27.4 Å². The van der Waals surface area contributed by atoms with Crippen molar-refractivity contribution in [3.8, 4) is 6.07 Å². The number of hydrogen-bond donors (Lipinski definition) is 1. The van der Waals surface area contributed by atoms with Crippen LogP contribution in [0.5, 0.6) is 0 Å². The summed E-state index contributed by atoms with van der Waals surface area (Å²) in [6, 6.07) is 6.52. The molecule has 1 rings (SSSR count). The molecule has 0 aliphatic carbocycles. The van der Waals surface area contributed by atoms with Gasteiger partial charge in [-0.3, -0.25) is 10.1 Å². The van der Waals surface area contributed by atoms with Crippen LogP contribution < -0.4 is 10.6 Å². The monoisotopic (exact) mass is 234 g/mol. The lowest BCUT2D eigenvalue weighted by Crippen LogP contribution is -2.23. The van der Waals surface area contributed by atoms with Gasteiger partial charge in [-0.15, -0.1) is 0 Å². The van der Waals surface area contributed by atoms with Crippen LogP contribution in [0.25, 0.3) is 0 Å². The van der Waals surface area contributed by atoms with Crippen LogP contribution in [0.3, 0.4) is 0 Å². The van der Waals surface area contributed by atoms with E-state index in [1.807, 2.05) is 0 Å². The molecule has 0 saturated heterocycles. The van der Waals surface area contributed by atoms with E-state index in [9.17, 15) is 10.1 Å². The van der Waals surface area contributed by atoms with E-state index < -0.39 is 4.92 Å². The van der Waals surface area contributed by atoms with Crippen LogP contribution in [0.15, 0.2) is 18.2 Å². The van der Waals surface area contributed by atoms with Gasteiger partial charge in [-0.05, 0) is 13.0 Å². The van der Waals surface area contributed by atoms with Gasteiger partial charge in [-0.25, -0.2) is 0 Å². The normalized spacial score (nSPS) is 11.6. The Bertz CT molecular complexity index is 467. The lowest BCUT2D eigenvalue weighted by Gasteiger charge is -2.20. The second-order valence-corrected chi connectivity index (χ2v) is 3.95. The van der Waals surface area contributed by atoms with Crippen molar-refractivity contribution in [2.75, 3.05) is 24.2 Å². The quantitative estimate of drug-likeness (QED) is 0.486. The smallest absolute Gasteiger partial charge is 0.273 e. The number of nitrogens with zero attached hydrogens (tertiary/aromatic N) is 3. The molecule has 0 amide bonds. The minimum Gasteiger partial charge on any atom is -0.398 e. The molecular formula is C11H14N4O2. The van der Waals surface area contributed by atoms with Gasteiger partial charge in [-0.1, -0.05) is 0 Å². The third-order valence-corrected chi connectivity index (χ3v) is 2.34. The number of nitriles is 1. The molecule has 0 saturated carbocycles. The molecule has 0 radical (unpaired) electrons. The Hall–Kier alpha value is -2.29. The molecule has 1 aromatic rings. The van der Waals surface area contributed by atoms with Crippen molar-refractivity contribution < 1.29 is 4.92 Å². The second-order valence-electron chi connectivity index (χ2n) is 3.95. The number of rotatable bonds is 4. The lowest BCUT2D eigenvalue weighted by atomic mass is 10.1. The number of nitrogen functional groups attached to an aromatic ring is 1. The number of nitro benzene ring substituents is 1. The highest BCUT2D eigenvalue weighted by atomic mass is 16.6. The fourth-order valence-corrected chi connectivity index (χ4v) is 1.50. The molecule has 6 heteroatoms. The first-order valence-corrected chi connectivity index (χ1v) is 5.09. The largest absolute Gasteiger partial charge is 0.398 e. The predicted octanol–water partition coefficient (Wildman–Crippen LogP) is 1.77. The Morgan fingerprint density at radius 1 is 1.59 bits per heavy atom. The second kappa shape index (κ2) is 5.16. The summed E-state index contributed by atoms with van der Waals surface area (Å²) in [5, 5.41) is 19.4. The first kappa shape index (κ1) is 12.8. The predicted molar refractivity (Wildman–Crippen MR) is 65.6 cm³/mol. The van der Waals surface area contributed by atoms with E-state index in [2.05, 4.69) is 6.07 Å². The van der Waals surface area contributed by atoms with Gasteiger partial charge < -0.3 is 10.6 Å². The van der Waals surface area contributed by atoms with Crippen molar-refractivity contribution >= 4 is 17.1 Å². The molecule has 17 heavy (non-hydrogen) atoms. The minimum atomic E-state index is -0.485. The maximum absolute atomic E-state index is 10.7. The fraction of sp³-hybridized carbons (Fsp3) is 0.364. The number of nitrogens with two attached hydrogens (primary N) is 1. The molecule has 6 nitrogen and oxygen atoms in total. The number of hydrogen-bond acceptors (Lipinski definition) is 5. The number of nitro groups is 1. The molecule has 90 valence electrons. The van der Waals surface area contributed by atoms with E-state index in [0.29, 0.717) is 17.9 Å². The van der Waals surface area contributed by atoms with E-state index in [1.54, 1.807) is 24.9 Å². The highest BCUT2D eigenvalue weighted by molar-refractivity contribution is 5.62. The summed E-state index contributed by atoms with van der Waals surface area (Å²) in [6.45, 7) is 2.29. The van der Waals surface area contributed by atoms with Gasteiger partial charge in [-0.2, -0.15) is 5.26 Å². The van der Waals surface area contributed by atoms with Crippen molar-refractivity contribution in [3.05, 3.63) is 28.3 Å². The summed E-state index contributed by atoms with van der Waals surface area (Å²) >= 11 is 0. The molecule has 0 heterocycles. The van der Waals surface area contributed by atoms with E-state index in [1.165, 1.54) is 12.1 Å². The number of non-ortho nitro benzene ring substituents is 1. The van der Waals surface area contributed by atoms with Crippen LogP contribution in [0.1, 0.15) is 6.92 Å². The van der Waals surface area contributed by atoms with E-state index in [0.717, 1.165) is 0 Å². The van der Waals surface area contributed by atoms with E-state index in [-0.39, 0.29) is 11.6 Å². The van der Waals surface area contributed by atoms with Crippen LogP contribution in [0.2, 0.25) is 0 Å². The molecule has 1 atom stereocenters. The summed E-state index contributed by atoms with van der Waals surface area (Å²) < 4.78 is 0. The summed E-state index contributed by atoms with van der Waals surface area (Å²) in [6.07, 6.45) is 0. The van der Waals surface area contributed by atoms with Crippen molar-refractivity contribution in [1.29, 1.82) is 5.26 Å². The highest BCUT2D eigenvalue weighted by Crippen LogP contribution is 2.25. The van der Waals surface area contributed by atoms with Crippen molar-refractivity contribution in [3.63, 3.8) is 0 Å². The molecule has 0 bridgehead atoms. The molecule has 0 aromatic heterocycles. The Labute approximate surface area is 99.4 Å². The Kier molecular flexibility index (Phi) is 3.88. The first-order valence-electron chi connectivity index (χ1n) is 5.09. The van der Waals surface area contributed by atoms with Crippen LogP contribution in [0.4, 0.5) is 17.1 Å². The van der Waals surface area contributed by atoms with E-state index >= 15 is 0 Å². The SMILES string of the molecule is CC(C#N)CN(C)c1cc(N)cc([N+](=O)[O-])c1. The lowest BCUT2D eigenvalue weighted by molar-refractivity contribution is -0.384. The maximum atomic E-state index is 10.7. The van der Waals surface area contributed by atoms with Gasteiger partial charge in [0, 0.05) is 37.1 Å². The molecule has 0 spiro atoms. The topological polar surface area (TPSA) is 96.2 Å². The zero-order valence-corrected chi connectivity index (χ0v) is 9.75. The molecule has 2 N–H and O–H groups in total. The molecule has 0 aliphatic heterocycles. The molecule has 1 unspecified atom stereocenters. The third-order valence-electron chi connectivity index (χ3n) is 2.34. The summed E-state index contributed by atoms with van der Waals surface area (Å²) in [5.74, 6) is -0.152. The standard InChI is InChI=1S/C11H14N4O2/c1-8(6-12)7-14(2)10-3-9(13)4-11(5-10)15(16)17/h3-5,8H,7,13H2,1-2H3. The first-order chi connectivity index (χ1) is 7.93. The third kappa shape index (κ3) is 3.34. The zero-order valence-electron chi connectivity index (χ0n) is 9.75. The molecule has 1 aromatic carbocycles. The van der Waals surface area contributed by atoms with Crippen molar-refractivity contribution in [2.24, 2.45) is 5.92 Å². The van der Waals surface area contributed by atoms with Crippen molar-refractivity contribution in [1.82, 2.24) is 0 Å². The average molecular weight is 234 g/mol. The van der Waals surface area contributed by atoms with Crippen LogP contribution in [-0.2, 0) is 0 Å². The number of benzene rings is 1. The fourth-order valence-electron chi connectivity index (χ4n) is 1.50. The Morgan fingerprint density at radius 2 is 2.24 bits per heavy atom. The average Bonchev–Trinajstić information content (AvgIpc) is 2.27.